The molecule has 0 saturated heterocycles. The van der Waals surface area contributed by atoms with Crippen molar-refractivity contribution in [2.45, 2.75) is 13.1 Å². The standard InChI is InChI=1S/C17H11BrF3NO/c1-11-6-7-12(14(18)10-11)8-9-13-4-2-3-5-15(13)22-16(23)17(19,20)21/h2-7,10H,1H3,(H,22,23). The first-order valence-corrected chi connectivity index (χ1v) is 7.32. The van der Waals surface area contributed by atoms with Crippen LogP contribution in [-0.2, 0) is 4.79 Å². The van der Waals surface area contributed by atoms with Gasteiger partial charge in [-0.25, -0.2) is 0 Å². The van der Waals surface area contributed by atoms with E-state index >= 15 is 0 Å². The molecule has 0 aliphatic carbocycles. The SMILES string of the molecule is Cc1ccc(C#Cc2ccccc2NC(=O)C(F)(F)F)c(Br)c1. The summed E-state index contributed by atoms with van der Waals surface area (Å²) in [7, 11) is 0. The number of benzene rings is 2. The fraction of sp³-hybridized carbons (Fsp3) is 0.118. The van der Waals surface area contributed by atoms with Crippen LogP contribution in [-0.4, -0.2) is 12.1 Å². The molecule has 0 atom stereocenters. The van der Waals surface area contributed by atoms with E-state index in [1.165, 1.54) is 12.1 Å². The summed E-state index contributed by atoms with van der Waals surface area (Å²) >= 11 is 3.38. The zero-order chi connectivity index (χ0) is 17.0. The summed E-state index contributed by atoms with van der Waals surface area (Å²) in [6.45, 7) is 1.93. The maximum atomic E-state index is 12.4. The van der Waals surface area contributed by atoms with E-state index in [1.54, 1.807) is 12.1 Å². The number of carbonyl (C=O) groups is 1. The van der Waals surface area contributed by atoms with Crippen molar-refractivity contribution < 1.29 is 18.0 Å². The number of hydrogen-bond donors (Lipinski definition) is 1. The van der Waals surface area contributed by atoms with E-state index in [9.17, 15) is 18.0 Å². The van der Waals surface area contributed by atoms with Crippen molar-refractivity contribution in [2.75, 3.05) is 5.32 Å². The van der Waals surface area contributed by atoms with Gasteiger partial charge in [0.1, 0.15) is 0 Å². The van der Waals surface area contributed by atoms with Crippen molar-refractivity contribution in [1.82, 2.24) is 0 Å². The van der Waals surface area contributed by atoms with E-state index in [0.29, 0.717) is 11.1 Å². The van der Waals surface area contributed by atoms with Gasteiger partial charge < -0.3 is 5.32 Å². The molecule has 0 spiro atoms. The second-order valence-electron chi connectivity index (χ2n) is 4.73. The van der Waals surface area contributed by atoms with Gasteiger partial charge in [0.2, 0.25) is 0 Å². The normalized spacial score (nSPS) is 10.7. The maximum absolute atomic E-state index is 12.4. The van der Waals surface area contributed by atoms with Gasteiger partial charge in [0.15, 0.2) is 0 Å². The predicted octanol–water partition coefficient (Wildman–Crippen LogP) is 4.66. The molecule has 118 valence electrons. The molecule has 1 amide bonds. The zero-order valence-corrected chi connectivity index (χ0v) is 13.5. The van der Waals surface area contributed by atoms with Gasteiger partial charge in [0, 0.05) is 15.6 Å². The Kier molecular flexibility index (Phi) is 5.12. The first-order chi connectivity index (χ1) is 10.8. The molecule has 2 rings (SSSR count). The molecule has 0 saturated carbocycles. The number of aryl methyl sites for hydroxylation is 1. The first kappa shape index (κ1) is 17.1. The van der Waals surface area contributed by atoms with Crippen molar-refractivity contribution in [3.8, 4) is 11.8 Å². The molecular weight excluding hydrogens is 371 g/mol. The van der Waals surface area contributed by atoms with Gasteiger partial charge in [-0.15, -0.1) is 0 Å². The fourth-order valence-electron chi connectivity index (χ4n) is 1.75. The van der Waals surface area contributed by atoms with Gasteiger partial charge in [-0.3, -0.25) is 4.79 Å². The van der Waals surface area contributed by atoms with Crippen molar-refractivity contribution in [2.24, 2.45) is 0 Å². The van der Waals surface area contributed by atoms with Crippen LogP contribution in [0.15, 0.2) is 46.9 Å². The summed E-state index contributed by atoms with van der Waals surface area (Å²) < 4.78 is 37.9. The van der Waals surface area contributed by atoms with Crippen LogP contribution in [0.5, 0.6) is 0 Å². The van der Waals surface area contributed by atoms with Crippen molar-refractivity contribution >= 4 is 27.5 Å². The molecule has 2 aromatic rings. The number of alkyl halides is 3. The average molecular weight is 382 g/mol. The van der Waals surface area contributed by atoms with E-state index in [1.807, 2.05) is 30.4 Å². The molecule has 0 aromatic heterocycles. The van der Waals surface area contributed by atoms with Crippen LogP contribution >= 0.6 is 15.9 Å². The number of halogens is 4. The van der Waals surface area contributed by atoms with E-state index in [2.05, 4.69) is 27.8 Å². The van der Waals surface area contributed by atoms with Crippen LogP contribution in [0.4, 0.5) is 18.9 Å². The van der Waals surface area contributed by atoms with Gasteiger partial charge in [-0.2, -0.15) is 13.2 Å². The van der Waals surface area contributed by atoms with Crippen LogP contribution in [0.3, 0.4) is 0 Å². The van der Waals surface area contributed by atoms with E-state index in [0.717, 1.165) is 10.0 Å². The van der Waals surface area contributed by atoms with E-state index in [4.69, 9.17) is 0 Å². The molecular formula is C17H11BrF3NO. The number of rotatable bonds is 1. The lowest BCUT2D eigenvalue weighted by atomic mass is 10.1. The molecule has 2 aromatic carbocycles. The third kappa shape index (κ3) is 4.60. The van der Waals surface area contributed by atoms with Crippen molar-refractivity contribution in [3.63, 3.8) is 0 Å². The summed E-state index contributed by atoms with van der Waals surface area (Å²) in [5, 5.41) is 1.83. The lowest BCUT2D eigenvalue weighted by molar-refractivity contribution is -0.167. The Balaban J connectivity index is 2.32. The number of anilines is 1. The summed E-state index contributed by atoms with van der Waals surface area (Å²) in [6.07, 6.45) is -4.94. The number of carbonyl (C=O) groups excluding carboxylic acids is 1. The third-order valence-corrected chi connectivity index (χ3v) is 3.55. The van der Waals surface area contributed by atoms with Gasteiger partial charge >= 0.3 is 12.1 Å². The van der Waals surface area contributed by atoms with Crippen molar-refractivity contribution in [1.29, 1.82) is 0 Å². The molecule has 6 heteroatoms. The van der Waals surface area contributed by atoms with Crippen molar-refractivity contribution in [3.05, 3.63) is 63.6 Å². The van der Waals surface area contributed by atoms with Crippen LogP contribution in [0, 0.1) is 18.8 Å². The highest BCUT2D eigenvalue weighted by atomic mass is 79.9. The Morgan fingerprint density at radius 1 is 1.09 bits per heavy atom. The van der Waals surface area contributed by atoms with Gasteiger partial charge in [0.25, 0.3) is 0 Å². The lowest BCUT2D eigenvalue weighted by Crippen LogP contribution is -2.30. The third-order valence-electron chi connectivity index (χ3n) is 2.89. The zero-order valence-electron chi connectivity index (χ0n) is 12.0. The second-order valence-corrected chi connectivity index (χ2v) is 5.59. The number of amides is 1. The molecule has 2 nitrogen and oxygen atoms in total. The Morgan fingerprint density at radius 3 is 2.39 bits per heavy atom. The largest absolute Gasteiger partial charge is 0.471 e. The molecule has 0 bridgehead atoms. The van der Waals surface area contributed by atoms with E-state index in [-0.39, 0.29) is 5.69 Å². The minimum Gasteiger partial charge on any atom is -0.317 e. The number of hydrogen-bond acceptors (Lipinski definition) is 1. The topological polar surface area (TPSA) is 29.1 Å². The minimum atomic E-state index is -4.94. The minimum absolute atomic E-state index is 0.0190. The first-order valence-electron chi connectivity index (χ1n) is 6.53. The monoisotopic (exact) mass is 381 g/mol. The molecule has 0 radical (unpaired) electrons. The van der Waals surface area contributed by atoms with Gasteiger partial charge in [-0.1, -0.05) is 30.0 Å². The average Bonchev–Trinajstić information content (AvgIpc) is 2.46. The number of nitrogens with one attached hydrogen (secondary N) is 1. The van der Waals surface area contributed by atoms with Crippen LogP contribution in [0.2, 0.25) is 0 Å². The molecule has 1 N–H and O–H groups in total. The summed E-state index contributed by atoms with van der Waals surface area (Å²) in [4.78, 5) is 11.1. The fourth-order valence-corrected chi connectivity index (χ4v) is 2.34. The molecule has 0 unspecified atom stereocenters. The predicted molar refractivity (Wildman–Crippen MR) is 86.0 cm³/mol. The molecule has 0 heterocycles. The molecule has 0 fully saturated rings. The summed E-state index contributed by atoms with van der Waals surface area (Å²) in [5.41, 5.74) is 2.08. The Bertz CT molecular complexity index is 803. The van der Waals surface area contributed by atoms with E-state index < -0.39 is 12.1 Å². The summed E-state index contributed by atoms with van der Waals surface area (Å²) in [5.74, 6) is 3.64. The summed E-state index contributed by atoms with van der Waals surface area (Å²) in [6, 6.07) is 11.7. The molecule has 0 aliphatic heterocycles. The van der Waals surface area contributed by atoms with Crippen LogP contribution < -0.4 is 5.32 Å². The number of para-hydroxylation sites is 1. The van der Waals surface area contributed by atoms with Gasteiger partial charge in [-0.05, 0) is 52.7 Å². The lowest BCUT2D eigenvalue weighted by Gasteiger charge is -2.09. The molecule has 0 aliphatic rings. The van der Waals surface area contributed by atoms with Crippen LogP contribution in [0.25, 0.3) is 0 Å². The Morgan fingerprint density at radius 2 is 1.74 bits per heavy atom. The highest BCUT2D eigenvalue weighted by Gasteiger charge is 2.38. The van der Waals surface area contributed by atoms with Crippen LogP contribution in [0.1, 0.15) is 16.7 Å². The quantitative estimate of drug-likeness (QED) is 0.715. The highest BCUT2D eigenvalue weighted by molar-refractivity contribution is 9.10. The van der Waals surface area contributed by atoms with Gasteiger partial charge in [0.05, 0.1) is 5.69 Å². The highest BCUT2D eigenvalue weighted by Crippen LogP contribution is 2.21. The maximum Gasteiger partial charge on any atom is 0.471 e. The molecule has 23 heavy (non-hydrogen) atoms. The second kappa shape index (κ2) is 6.88. The Labute approximate surface area is 139 Å². The Hall–Kier alpha value is -2.26. The smallest absolute Gasteiger partial charge is 0.317 e.